The Hall–Kier alpha value is -1.22. The zero-order chi connectivity index (χ0) is 14.8. The largest absolute Gasteiger partial charge is 0.465 e. The Balaban J connectivity index is 2.14. The van der Waals surface area contributed by atoms with Crippen molar-refractivity contribution in [3.8, 4) is 0 Å². The van der Waals surface area contributed by atoms with Gasteiger partial charge in [-0.15, -0.1) is 11.3 Å². The van der Waals surface area contributed by atoms with Gasteiger partial charge in [-0.1, -0.05) is 0 Å². The van der Waals surface area contributed by atoms with Gasteiger partial charge in [-0.25, -0.2) is 18.1 Å². The van der Waals surface area contributed by atoms with Crippen LogP contribution in [0.1, 0.15) is 22.1 Å². The molecule has 0 atom stereocenters. The van der Waals surface area contributed by atoms with Crippen LogP contribution in [0.15, 0.2) is 20.9 Å². The fraction of sp³-hybridized carbons (Fsp3) is 0.417. The quantitative estimate of drug-likeness (QED) is 0.839. The molecule has 0 aliphatic rings. The van der Waals surface area contributed by atoms with Gasteiger partial charge in [0.2, 0.25) is 10.0 Å². The molecular formula is C12H16N2O4S2. The molecule has 0 radical (unpaired) electrons. The van der Waals surface area contributed by atoms with Gasteiger partial charge < -0.3 is 9.52 Å². The number of thiazole rings is 1. The number of aliphatic hydroxyl groups excluding tert-OH is 1. The zero-order valence-corrected chi connectivity index (χ0v) is 12.8. The van der Waals surface area contributed by atoms with Crippen molar-refractivity contribution >= 4 is 21.4 Å². The van der Waals surface area contributed by atoms with Crippen LogP contribution in [0.25, 0.3) is 0 Å². The van der Waals surface area contributed by atoms with Crippen LogP contribution in [0.4, 0.5) is 0 Å². The van der Waals surface area contributed by atoms with E-state index in [9.17, 15) is 13.5 Å². The zero-order valence-electron chi connectivity index (χ0n) is 11.2. The molecule has 0 saturated heterocycles. The van der Waals surface area contributed by atoms with Gasteiger partial charge >= 0.3 is 0 Å². The van der Waals surface area contributed by atoms with E-state index in [4.69, 9.17) is 4.42 Å². The maximum absolute atomic E-state index is 12.3. The topological polar surface area (TPSA) is 92.4 Å². The van der Waals surface area contributed by atoms with Crippen LogP contribution in [0.5, 0.6) is 0 Å². The molecule has 2 heterocycles. The molecule has 0 amide bonds. The lowest BCUT2D eigenvalue weighted by Gasteiger charge is -2.06. The maximum atomic E-state index is 12.3. The summed E-state index contributed by atoms with van der Waals surface area (Å²) in [5.74, 6) is 0.707. The fourth-order valence-corrected chi connectivity index (χ4v) is 4.07. The summed E-state index contributed by atoms with van der Waals surface area (Å²) in [4.78, 5) is 4.13. The minimum absolute atomic E-state index is 0.0386. The summed E-state index contributed by atoms with van der Waals surface area (Å²) < 4.78 is 32.3. The van der Waals surface area contributed by atoms with Gasteiger partial charge in [-0.05, 0) is 13.8 Å². The molecule has 110 valence electrons. The number of nitrogens with one attached hydrogen (secondary N) is 1. The smallest absolute Gasteiger partial charge is 0.244 e. The van der Waals surface area contributed by atoms with Crippen molar-refractivity contribution in [1.29, 1.82) is 0 Å². The average Bonchev–Trinajstić information content (AvgIpc) is 2.96. The van der Waals surface area contributed by atoms with Gasteiger partial charge in [-0.2, -0.15) is 0 Å². The summed E-state index contributed by atoms with van der Waals surface area (Å²) in [5, 5.41) is 12.0. The Morgan fingerprint density at radius 2 is 2.15 bits per heavy atom. The van der Waals surface area contributed by atoms with Crippen molar-refractivity contribution < 1.29 is 17.9 Å². The highest BCUT2D eigenvalue weighted by Gasteiger charge is 2.26. The highest BCUT2D eigenvalue weighted by molar-refractivity contribution is 7.89. The Morgan fingerprint density at radius 1 is 1.40 bits per heavy atom. The van der Waals surface area contributed by atoms with Crippen molar-refractivity contribution in [2.75, 3.05) is 6.54 Å². The summed E-state index contributed by atoms with van der Waals surface area (Å²) in [7, 11) is -3.69. The molecule has 6 nitrogen and oxygen atoms in total. The normalized spacial score (nSPS) is 11.9. The van der Waals surface area contributed by atoms with Gasteiger partial charge in [0, 0.05) is 30.1 Å². The molecule has 0 bridgehead atoms. The van der Waals surface area contributed by atoms with Crippen molar-refractivity contribution in [3.63, 3.8) is 0 Å². The number of rotatable bonds is 6. The number of aliphatic hydroxyl groups is 1. The van der Waals surface area contributed by atoms with Crippen LogP contribution in [0.3, 0.4) is 0 Å². The maximum Gasteiger partial charge on any atom is 0.244 e. The summed E-state index contributed by atoms with van der Waals surface area (Å²) in [5.41, 5.74) is 0.309. The fourth-order valence-electron chi connectivity index (χ4n) is 1.99. The predicted molar refractivity (Wildman–Crippen MR) is 75.1 cm³/mol. The Morgan fingerprint density at radius 3 is 2.75 bits per heavy atom. The molecule has 0 saturated carbocycles. The van der Waals surface area contributed by atoms with Gasteiger partial charge in [0.25, 0.3) is 0 Å². The van der Waals surface area contributed by atoms with Crippen LogP contribution >= 0.6 is 11.3 Å². The van der Waals surface area contributed by atoms with Crippen molar-refractivity contribution in [1.82, 2.24) is 9.71 Å². The number of aryl methyl sites for hydroxylation is 2. The number of sulfonamides is 1. The molecule has 0 unspecified atom stereocenters. The first-order chi connectivity index (χ1) is 9.45. The monoisotopic (exact) mass is 316 g/mol. The standard InChI is InChI=1S/C12H16N2O4S2/c1-8-10(7-15)12(9(2)18-8)20(16,17)14-4-3-11-13-5-6-19-11/h5-6,14-15H,3-4,7H2,1-2H3. The Labute approximate surface area is 121 Å². The van der Waals surface area contributed by atoms with Crippen LogP contribution in [0, 0.1) is 13.8 Å². The van der Waals surface area contributed by atoms with E-state index in [0.29, 0.717) is 17.7 Å². The number of aromatic nitrogens is 1. The molecule has 2 aromatic heterocycles. The molecule has 20 heavy (non-hydrogen) atoms. The second-order valence-electron chi connectivity index (χ2n) is 4.25. The lowest BCUT2D eigenvalue weighted by atomic mass is 10.2. The lowest BCUT2D eigenvalue weighted by Crippen LogP contribution is -2.27. The molecule has 0 spiro atoms. The SMILES string of the molecule is Cc1oc(C)c(S(=O)(=O)NCCc2nccs2)c1CO. The number of nitrogens with zero attached hydrogens (tertiary/aromatic N) is 1. The van der Waals surface area contributed by atoms with E-state index in [-0.39, 0.29) is 23.8 Å². The molecule has 0 fully saturated rings. The summed E-state index contributed by atoms with van der Waals surface area (Å²) in [6.45, 7) is 3.09. The summed E-state index contributed by atoms with van der Waals surface area (Å²) >= 11 is 1.48. The van der Waals surface area contributed by atoms with Crippen LogP contribution < -0.4 is 4.72 Å². The Bertz CT molecular complexity index is 675. The van der Waals surface area contributed by atoms with E-state index in [1.54, 1.807) is 20.0 Å². The van der Waals surface area contributed by atoms with E-state index in [1.165, 1.54) is 11.3 Å². The molecule has 0 aliphatic carbocycles. The van der Waals surface area contributed by atoms with E-state index >= 15 is 0 Å². The predicted octanol–water partition coefficient (Wildman–Crippen LogP) is 1.37. The van der Waals surface area contributed by atoms with Crippen LogP contribution in [-0.2, 0) is 23.1 Å². The Kier molecular flexibility index (Phi) is 4.59. The second-order valence-corrected chi connectivity index (χ2v) is 6.94. The molecule has 2 rings (SSSR count). The molecule has 2 aromatic rings. The highest BCUT2D eigenvalue weighted by Crippen LogP contribution is 2.26. The van der Waals surface area contributed by atoms with E-state index in [0.717, 1.165) is 5.01 Å². The van der Waals surface area contributed by atoms with Gasteiger partial charge in [0.05, 0.1) is 11.6 Å². The second kappa shape index (κ2) is 6.04. The summed E-state index contributed by atoms with van der Waals surface area (Å²) in [6, 6.07) is 0. The first-order valence-corrected chi connectivity index (χ1v) is 8.39. The highest BCUT2D eigenvalue weighted by atomic mass is 32.2. The van der Waals surface area contributed by atoms with E-state index in [1.807, 2.05) is 5.38 Å². The first-order valence-electron chi connectivity index (χ1n) is 6.03. The first kappa shape index (κ1) is 15.2. The lowest BCUT2D eigenvalue weighted by molar-refractivity contribution is 0.276. The van der Waals surface area contributed by atoms with E-state index in [2.05, 4.69) is 9.71 Å². The average molecular weight is 316 g/mol. The number of hydrogen-bond donors (Lipinski definition) is 2. The van der Waals surface area contributed by atoms with E-state index < -0.39 is 10.0 Å². The van der Waals surface area contributed by atoms with Crippen LogP contribution in [0.2, 0.25) is 0 Å². The third-order valence-corrected chi connectivity index (χ3v) is 5.36. The molecular weight excluding hydrogens is 300 g/mol. The molecule has 0 aromatic carbocycles. The third kappa shape index (κ3) is 3.09. The van der Waals surface area contributed by atoms with Crippen LogP contribution in [-0.4, -0.2) is 25.1 Å². The summed E-state index contributed by atoms with van der Waals surface area (Å²) in [6.07, 6.45) is 2.21. The molecule has 0 aliphatic heterocycles. The molecule has 2 N–H and O–H groups in total. The van der Waals surface area contributed by atoms with Crippen molar-refractivity contribution in [2.45, 2.75) is 31.8 Å². The van der Waals surface area contributed by atoms with Crippen molar-refractivity contribution in [3.05, 3.63) is 33.7 Å². The van der Waals surface area contributed by atoms with Crippen molar-refractivity contribution in [2.24, 2.45) is 0 Å². The number of hydrogen-bond acceptors (Lipinski definition) is 6. The van der Waals surface area contributed by atoms with Gasteiger partial charge in [-0.3, -0.25) is 0 Å². The molecule has 8 heteroatoms. The third-order valence-electron chi connectivity index (χ3n) is 2.87. The number of furan rings is 1. The minimum atomic E-state index is -3.69. The minimum Gasteiger partial charge on any atom is -0.465 e. The van der Waals surface area contributed by atoms with Gasteiger partial charge in [0.1, 0.15) is 16.4 Å². The van der Waals surface area contributed by atoms with Gasteiger partial charge in [0.15, 0.2) is 0 Å².